The molecule has 0 fully saturated rings. The van der Waals surface area contributed by atoms with Crippen LogP contribution in [0.15, 0.2) is 24.3 Å². The van der Waals surface area contributed by atoms with Gasteiger partial charge in [-0.05, 0) is 31.5 Å². The fourth-order valence-corrected chi connectivity index (χ4v) is 1.65. The van der Waals surface area contributed by atoms with Crippen LogP contribution in [0.3, 0.4) is 0 Å². The predicted molar refractivity (Wildman–Crippen MR) is 65.4 cm³/mol. The van der Waals surface area contributed by atoms with Gasteiger partial charge in [-0.3, -0.25) is 4.79 Å². The molecule has 0 aliphatic rings. The monoisotopic (exact) mass is 242 g/mol. The first-order chi connectivity index (χ1) is 8.58. The van der Waals surface area contributed by atoms with Gasteiger partial charge in [0, 0.05) is 0 Å². The number of ether oxygens (including phenoxy) is 1. The van der Waals surface area contributed by atoms with Crippen molar-refractivity contribution in [3.05, 3.63) is 35.4 Å². The molecule has 0 bridgehead atoms. The van der Waals surface area contributed by atoms with Gasteiger partial charge in [-0.1, -0.05) is 12.1 Å². The molecule has 0 amide bonds. The number of nitriles is 2. The van der Waals surface area contributed by atoms with Gasteiger partial charge >= 0.3 is 5.97 Å². The Kier molecular flexibility index (Phi) is 4.45. The summed E-state index contributed by atoms with van der Waals surface area (Å²) >= 11 is 0. The van der Waals surface area contributed by atoms with Gasteiger partial charge in [-0.2, -0.15) is 10.5 Å². The molecule has 1 rings (SSSR count). The van der Waals surface area contributed by atoms with E-state index in [1.54, 1.807) is 38.1 Å². The van der Waals surface area contributed by atoms with Crippen molar-refractivity contribution in [2.24, 2.45) is 0 Å². The lowest BCUT2D eigenvalue weighted by Crippen LogP contribution is -2.34. The summed E-state index contributed by atoms with van der Waals surface area (Å²) in [6.07, 6.45) is 0.0394. The van der Waals surface area contributed by atoms with E-state index in [9.17, 15) is 4.79 Å². The molecule has 18 heavy (non-hydrogen) atoms. The van der Waals surface area contributed by atoms with Crippen molar-refractivity contribution in [3.8, 4) is 12.1 Å². The Morgan fingerprint density at radius 2 is 1.94 bits per heavy atom. The van der Waals surface area contributed by atoms with Crippen LogP contribution in [0.25, 0.3) is 0 Å². The zero-order valence-electron chi connectivity index (χ0n) is 10.4. The molecule has 0 saturated carbocycles. The summed E-state index contributed by atoms with van der Waals surface area (Å²) in [6.45, 7) is 3.68. The third kappa shape index (κ3) is 2.67. The van der Waals surface area contributed by atoms with Gasteiger partial charge in [0.2, 0.25) is 0 Å². The number of carbonyl (C=O) groups excluding carboxylic acids is 1. The summed E-state index contributed by atoms with van der Waals surface area (Å²) < 4.78 is 5.02. The normalized spacial score (nSPS) is 12.9. The highest BCUT2D eigenvalue weighted by molar-refractivity contribution is 5.83. The molecule has 0 aromatic heterocycles. The number of hydrogen-bond donors (Lipinski definition) is 0. The Balaban J connectivity index is 3.15. The molecule has 0 aliphatic heterocycles. The third-order valence-electron chi connectivity index (χ3n) is 2.81. The van der Waals surface area contributed by atoms with Crippen LogP contribution in [-0.4, -0.2) is 12.6 Å². The van der Waals surface area contributed by atoms with Gasteiger partial charge in [0.15, 0.2) is 0 Å². The van der Waals surface area contributed by atoms with Gasteiger partial charge in [-0.25, -0.2) is 0 Å². The summed E-state index contributed by atoms with van der Waals surface area (Å²) in [5.74, 6) is -0.420. The zero-order chi connectivity index (χ0) is 13.6. The Morgan fingerprint density at radius 1 is 1.33 bits per heavy atom. The highest BCUT2D eigenvalue weighted by atomic mass is 16.5. The van der Waals surface area contributed by atoms with Crippen molar-refractivity contribution in [1.82, 2.24) is 0 Å². The van der Waals surface area contributed by atoms with E-state index in [1.165, 1.54) is 0 Å². The first-order valence-electron chi connectivity index (χ1n) is 5.63. The number of benzene rings is 1. The molecule has 0 heterocycles. The van der Waals surface area contributed by atoms with Gasteiger partial charge in [0.05, 0.1) is 30.7 Å². The van der Waals surface area contributed by atoms with Crippen molar-refractivity contribution in [3.63, 3.8) is 0 Å². The predicted octanol–water partition coefficient (Wildman–Crippen LogP) is 2.29. The number of carbonyl (C=O) groups is 1. The number of hydrogen-bond acceptors (Lipinski definition) is 4. The van der Waals surface area contributed by atoms with E-state index in [0.29, 0.717) is 11.1 Å². The molecule has 0 spiro atoms. The third-order valence-corrected chi connectivity index (χ3v) is 2.81. The van der Waals surface area contributed by atoms with E-state index in [0.717, 1.165) is 0 Å². The van der Waals surface area contributed by atoms with Crippen molar-refractivity contribution < 1.29 is 9.53 Å². The van der Waals surface area contributed by atoms with E-state index in [1.807, 2.05) is 12.1 Å². The second-order valence-electron chi connectivity index (χ2n) is 4.08. The van der Waals surface area contributed by atoms with E-state index in [-0.39, 0.29) is 13.0 Å². The van der Waals surface area contributed by atoms with Crippen molar-refractivity contribution >= 4 is 5.97 Å². The number of nitrogens with zero attached hydrogens (tertiary/aromatic N) is 2. The molecule has 0 radical (unpaired) electrons. The maximum atomic E-state index is 12.0. The molecule has 1 aromatic rings. The van der Waals surface area contributed by atoms with Crippen LogP contribution < -0.4 is 0 Å². The summed E-state index contributed by atoms with van der Waals surface area (Å²) in [6, 6.07) is 10.7. The highest BCUT2D eigenvalue weighted by Gasteiger charge is 2.36. The van der Waals surface area contributed by atoms with Crippen LogP contribution in [-0.2, 0) is 14.9 Å². The average molecular weight is 242 g/mol. The smallest absolute Gasteiger partial charge is 0.317 e. The van der Waals surface area contributed by atoms with Gasteiger partial charge in [0.25, 0.3) is 0 Å². The molecule has 4 nitrogen and oxygen atoms in total. The fourth-order valence-electron chi connectivity index (χ4n) is 1.65. The minimum Gasteiger partial charge on any atom is -0.465 e. The molecule has 4 heteroatoms. The molecular formula is C14H14N2O2. The second-order valence-corrected chi connectivity index (χ2v) is 4.08. The quantitative estimate of drug-likeness (QED) is 0.759. The Labute approximate surface area is 106 Å². The van der Waals surface area contributed by atoms with Crippen LogP contribution >= 0.6 is 0 Å². The largest absolute Gasteiger partial charge is 0.465 e. The van der Waals surface area contributed by atoms with Crippen molar-refractivity contribution in [1.29, 1.82) is 10.5 Å². The van der Waals surface area contributed by atoms with Crippen LogP contribution in [0.2, 0.25) is 0 Å². The number of esters is 1. The molecule has 1 unspecified atom stereocenters. The van der Waals surface area contributed by atoms with Crippen LogP contribution in [0.5, 0.6) is 0 Å². The minimum absolute atomic E-state index is 0.0394. The van der Waals surface area contributed by atoms with Gasteiger partial charge in [-0.15, -0.1) is 0 Å². The lowest BCUT2D eigenvalue weighted by molar-refractivity contribution is -0.149. The maximum Gasteiger partial charge on any atom is 0.317 e. The van der Waals surface area contributed by atoms with Crippen molar-refractivity contribution in [2.75, 3.05) is 6.61 Å². The summed E-state index contributed by atoms with van der Waals surface area (Å²) in [5, 5.41) is 17.6. The number of rotatable bonds is 4. The second kappa shape index (κ2) is 5.84. The van der Waals surface area contributed by atoms with E-state index in [2.05, 4.69) is 0 Å². The topological polar surface area (TPSA) is 73.9 Å². The van der Waals surface area contributed by atoms with Crippen LogP contribution in [0.1, 0.15) is 31.4 Å². The first-order valence-corrected chi connectivity index (χ1v) is 5.63. The Morgan fingerprint density at radius 3 is 2.39 bits per heavy atom. The van der Waals surface area contributed by atoms with Gasteiger partial charge < -0.3 is 4.74 Å². The lowest BCUT2D eigenvalue weighted by atomic mass is 9.79. The van der Waals surface area contributed by atoms with E-state index in [4.69, 9.17) is 15.3 Å². The van der Waals surface area contributed by atoms with Crippen LogP contribution in [0.4, 0.5) is 0 Å². The minimum atomic E-state index is -0.987. The van der Waals surface area contributed by atoms with E-state index < -0.39 is 11.4 Å². The standard InChI is InChI=1S/C14H14N2O2/c1-3-18-13(17)14(2,8-9-15)12-6-4-11(10-16)5-7-12/h4-7H,3,8H2,1-2H3. The molecule has 1 atom stereocenters. The summed E-state index contributed by atoms with van der Waals surface area (Å²) in [5.41, 5.74) is 0.210. The lowest BCUT2D eigenvalue weighted by Gasteiger charge is -2.25. The zero-order valence-corrected chi connectivity index (χ0v) is 10.4. The average Bonchev–Trinajstić information content (AvgIpc) is 2.39. The molecule has 0 aliphatic carbocycles. The fraction of sp³-hybridized carbons (Fsp3) is 0.357. The summed E-state index contributed by atoms with van der Waals surface area (Å²) in [4.78, 5) is 12.0. The maximum absolute atomic E-state index is 12.0. The Hall–Kier alpha value is -2.33. The van der Waals surface area contributed by atoms with E-state index >= 15 is 0 Å². The first kappa shape index (κ1) is 13.7. The molecule has 1 aromatic carbocycles. The molecular weight excluding hydrogens is 228 g/mol. The summed E-state index contributed by atoms with van der Waals surface area (Å²) in [7, 11) is 0. The SMILES string of the molecule is CCOC(=O)C(C)(CC#N)c1ccc(C#N)cc1. The highest BCUT2D eigenvalue weighted by Crippen LogP contribution is 2.29. The molecule has 0 saturated heterocycles. The van der Waals surface area contributed by atoms with Crippen LogP contribution in [0, 0.1) is 22.7 Å². The molecule has 0 N–H and O–H groups in total. The molecule has 92 valence electrons. The van der Waals surface area contributed by atoms with Crippen molar-refractivity contribution in [2.45, 2.75) is 25.7 Å². The van der Waals surface area contributed by atoms with Gasteiger partial charge in [0.1, 0.15) is 5.41 Å². The Bertz CT molecular complexity index is 508.